The van der Waals surface area contributed by atoms with Gasteiger partial charge in [-0.1, -0.05) is 105 Å². The van der Waals surface area contributed by atoms with Crippen LogP contribution in [0.1, 0.15) is 39.4 Å². The van der Waals surface area contributed by atoms with E-state index < -0.39 is 0 Å². The summed E-state index contributed by atoms with van der Waals surface area (Å²) >= 11 is 7.01. The Morgan fingerprint density at radius 1 is 0.711 bits per heavy atom. The predicted molar refractivity (Wildman–Crippen MR) is 159 cm³/mol. The number of nitrogens with one attached hydrogen (secondary N) is 1. The number of halogens is 2. The Bertz CT molecular complexity index is 1500. The number of aliphatic imine (C=N–C) groups is 1. The van der Waals surface area contributed by atoms with Crippen LogP contribution in [-0.2, 0) is 22.4 Å². The molecule has 2 heterocycles. The number of ketones is 2. The number of nitrogens with zero attached hydrogens (tertiary/aromatic N) is 1. The lowest BCUT2D eigenvalue weighted by Gasteiger charge is -2.19. The normalized spacial score (nSPS) is 16.7. The minimum Gasteiger partial charge on any atom is -0.299 e. The Morgan fingerprint density at radius 2 is 1.34 bits per heavy atom. The predicted octanol–water partition coefficient (Wildman–Crippen LogP) is 6.67. The van der Waals surface area contributed by atoms with Crippen LogP contribution in [-0.4, -0.2) is 30.4 Å². The van der Waals surface area contributed by atoms with Gasteiger partial charge in [0.2, 0.25) is 0 Å². The van der Waals surface area contributed by atoms with E-state index >= 15 is 0 Å². The molecule has 2 aliphatic heterocycles. The zero-order valence-corrected chi connectivity index (χ0v) is 23.8. The summed E-state index contributed by atoms with van der Waals surface area (Å²) in [4.78, 5) is 28.1. The van der Waals surface area contributed by atoms with Crippen molar-refractivity contribution in [1.82, 2.24) is 5.32 Å². The van der Waals surface area contributed by atoms with Crippen molar-refractivity contribution in [3.63, 3.8) is 0 Å². The van der Waals surface area contributed by atoms with Crippen LogP contribution in [0.3, 0.4) is 0 Å². The van der Waals surface area contributed by atoms with E-state index in [0.717, 1.165) is 36.9 Å². The zero-order valence-electron chi connectivity index (χ0n) is 20.7. The van der Waals surface area contributed by atoms with Gasteiger partial charge in [-0.3, -0.25) is 19.9 Å². The molecule has 0 bridgehead atoms. The quantitative estimate of drug-likeness (QED) is 0.270. The maximum absolute atomic E-state index is 11.8. The number of fused-ring (bicyclic) bond motifs is 2. The van der Waals surface area contributed by atoms with Crippen molar-refractivity contribution in [2.45, 2.75) is 18.9 Å². The van der Waals surface area contributed by atoms with Crippen molar-refractivity contribution in [3.8, 4) is 0 Å². The summed E-state index contributed by atoms with van der Waals surface area (Å²) in [5, 5.41) is 3.36. The van der Waals surface area contributed by atoms with E-state index in [2.05, 4.69) is 60.4 Å². The highest BCUT2D eigenvalue weighted by Gasteiger charge is 2.23. The van der Waals surface area contributed by atoms with Gasteiger partial charge in [-0.05, 0) is 46.5 Å². The van der Waals surface area contributed by atoms with Gasteiger partial charge in [0.15, 0.2) is 11.6 Å². The number of benzene rings is 4. The molecule has 4 aromatic carbocycles. The van der Waals surface area contributed by atoms with Crippen LogP contribution in [0.4, 0.5) is 0 Å². The second kappa shape index (κ2) is 12.1. The number of carbonyl (C=O) groups is 2. The Hall–Kier alpha value is -3.19. The molecule has 0 fully saturated rings. The first-order chi connectivity index (χ1) is 18.5. The van der Waals surface area contributed by atoms with Crippen LogP contribution >= 0.6 is 31.9 Å². The lowest BCUT2D eigenvalue weighted by Crippen LogP contribution is -2.25. The van der Waals surface area contributed by atoms with Gasteiger partial charge in [0, 0.05) is 32.9 Å². The van der Waals surface area contributed by atoms with Crippen molar-refractivity contribution < 1.29 is 9.59 Å². The fourth-order valence-electron chi connectivity index (χ4n) is 4.83. The highest BCUT2D eigenvalue weighted by Crippen LogP contribution is 2.30. The van der Waals surface area contributed by atoms with Gasteiger partial charge in [0.05, 0.1) is 24.8 Å². The molecule has 0 aliphatic carbocycles. The van der Waals surface area contributed by atoms with E-state index in [-0.39, 0.29) is 24.2 Å². The second-order valence-electron chi connectivity index (χ2n) is 9.33. The van der Waals surface area contributed by atoms with Crippen LogP contribution < -0.4 is 5.32 Å². The average Bonchev–Trinajstić information content (AvgIpc) is 3.20. The average molecular weight is 630 g/mol. The fourth-order valence-corrected chi connectivity index (χ4v) is 5.57. The van der Waals surface area contributed by atoms with E-state index in [0.29, 0.717) is 19.4 Å². The zero-order chi connectivity index (χ0) is 26.5. The summed E-state index contributed by atoms with van der Waals surface area (Å²) in [5.74, 6) is 0.400. The topological polar surface area (TPSA) is 58.5 Å². The van der Waals surface area contributed by atoms with Crippen molar-refractivity contribution >= 4 is 49.1 Å². The Labute approximate surface area is 239 Å². The minimum absolute atomic E-state index is 0.0835. The van der Waals surface area contributed by atoms with E-state index in [9.17, 15) is 9.59 Å². The van der Waals surface area contributed by atoms with Crippen LogP contribution in [0.25, 0.3) is 0 Å². The van der Waals surface area contributed by atoms with Crippen LogP contribution in [0, 0.1) is 0 Å². The molecule has 1 unspecified atom stereocenters. The van der Waals surface area contributed by atoms with Gasteiger partial charge in [0.25, 0.3) is 0 Å². The molecule has 0 aromatic heterocycles. The summed E-state index contributed by atoms with van der Waals surface area (Å²) in [6, 6.07) is 32.5. The second-order valence-corrected chi connectivity index (χ2v) is 11.2. The van der Waals surface area contributed by atoms with Crippen molar-refractivity contribution in [1.29, 1.82) is 0 Å². The fraction of sp³-hybridized carbons (Fsp3) is 0.156. The van der Waals surface area contributed by atoms with Crippen LogP contribution in [0.5, 0.6) is 0 Å². The molecule has 38 heavy (non-hydrogen) atoms. The standard InChI is InChI=1S/C16H14BrNO.C16H12BrNO/c2*17-13-7-6-12-8-14(19)10-18-16(15(12)9-13)11-4-2-1-3-5-11/h1-7,9,16,18H,8,10H2;1-7,9H,8,10H2. The third kappa shape index (κ3) is 6.26. The SMILES string of the molecule is O=C1CN=C(c2ccccc2)c2cc(Br)ccc2C1.O=C1CNC(c2ccccc2)c2cc(Br)ccc2C1. The highest BCUT2D eigenvalue weighted by molar-refractivity contribution is 9.10. The van der Waals surface area contributed by atoms with Gasteiger partial charge >= 0.3 is 0 Å². The summed E-state index contributed by atoms with van der Waals surface area (Å²) in [7, 11) is 0. The molecule has 0 amide bonds. The largest absolute Gasteiger partial charge is 0.299 e. The maximum Gasteiger partial charge on any atom is 0.158 e. The minimum atomic E-state index is 0.0835. The summed E-state index contributed by atoms with van der Waals surface area (Å²) in [6.07, 6.45) is 0.974. The molecule has 190 valence electrons. The molecule has 0 saturated heterocycles. The number of rotatable bonds is 2. The van der Waals surface area contributed by atoms with Gasteiger partial charge in [-0.25, -0.2) is 0 Å². The molecule has 2 aliphatic rings. The monoisotopic (exact) mass is 628 g/mol. The number of hydrogen-bond acceptors (Lipinski definition) is 4. The smallest absolute Gasteiger partial charge is 0.158 e. The van der Waals surface area contributed by atoms with Crippen molar-refractivity contribution in [2.24, 2.45) is 4.99 Å². The van der Waals surface area contributed by atoms with Gasteiger partial charge in [-0.2, -0.15) is 0 Å². The van der Waals surface area contributed by atoms with Crippen LogP contribution in [0.15, 0.2) is 111 Å². The third-order valence-corrected chi connectivity index (χ3v) is 7.60. The van der Waals surface area contributed by atoms with Crippen LogP contribution in [0.2, 0.25) is 0 Å². The number of hydrogen-bond donors (Lipinski definition) is 1. The molecule has 6 heteroatoms. The molecule has 1 atom stereocenters. The highest BCUT2D eigenvalue weighted by atomic mass is 79.9. The number of Topliss-reactive ketones (excluding diaryl/α,β-unsaturated/α-hetero) is 2. The molecular weight excluding hydrogens is 604 g/mol. The molecule has 4 aromatic rings. The van der Waals surface area contributed by atoms with Gasteiger partial charge in [-0.15, -0.1) is 0 Å². The molecule has 0 spiro atoms. The van der Waals surface area contributed by atoms with Gasteiger partial charge in [0.1, 0.15) is 0 Å². The van der Waals surface area contributed by atoms with E-state index in [1.54, 1.807) is 0 Å². The molecule has 6 rings (SSSR count). The molecule has 0 radical (unpaired) electrons. The summed E-state index contributed by atoms with van der Waals surface area (Å²) in [5.41, 5.74) is 7.55. The summed E-state index contributed by atoms with van der Waals surface area (Å²) < 4.78 is 2.05. The molecular formula is C32H26Br2N2O2. The lowest BCUT2D eigenvalue weighted by atomic mass is 9.94. The summed E-state index contributed by atoms with van der Waals surface area (Å²) in [6.45, 7) is 0.683. The molecule has 1 N–H and O–H groups in total. The number of carbonyl (C=O) groups excluding carboxylic acids is 2. The van der Waals surface area contributed by atoms with E-state index in [4.69, 9.17) is 0 Å². The Morgan fingerprint density at radius 3 is 2.08 bits per heavy atom. The van der Waals surface area contributed by atoms with Crippen molar-refractivity contribution in [3.05, 3.63) is 139 Å². The van der Waals surface area contributed by atoms with E-state index in [1.165, 1.54) is 11.1 Å². The third-order valence-electron chi connectivity index (χ3n) is 6.62. The first-order valence-corrected chi connectivity index (χ1v) is 14.1. The van der Waals surface area contributed by atoms with E-state index in [1.807, 2.05) is 78.9 Å². The Kier molecular flexibility index (Phi) is 8.42. The Balaban J connectivity index is 0.000000155. The molecule has 0 saturated carbocycles. The first-order valence-electron chi connectivity index (χ1n) is 12.5. The lowest BCUT2D eigenvalue weighted by molar-refractivity contribution is -0.118. The van der Waals surface area contributed by atoms with Gasteiger partial charge < -0.3 is 0 Å². The molecule has 4 nitrogen and oxygen atoms in total. The maximum atomic E-state index is 11.8. The first kappa shape index (κ1) is 26.4. The van der Waals surface area contributed by atoms with Crippen molar-refractivity contribution in [2.75, 3.05) is 13.1 Å².